The molecule has 0 radical (unpaired) electrons. The summed E-state index contributed by atoms with van der Waals surface area (Å²) in [4.78, 5) is 49.1. The highest BCUT2D eigenvalue weighted by molar-refractivity contribution is 6.62. The number of benzene rings is 4. The highest BCUT2D eigenvalue weighted by Gasteiger charge is 2.51. The van der Waals surface area contributed by atoms with Crippen LogP contribution in [0.15, 0.2) is 115 Å². The molecular weight excluding hydrogens is 715 g/mol. The Bertz CT molecular complexity index is 2520. The summed E-state index contributed by atoms with van der Waals surface area (Å²) >= 11 is 0. The number of phenolic OH excluding ortho intramolecular Hbond substituents is 1. The van der Waals surface area contributed by atoms with Gasteiger partial charge in [-0.2, -0.15) is 0 Å². The summed E-state index contributed by atoms with van der Waals surface area (Å²) in [5.41, 5.74) is 0.258. The van der Waals surface area contributed by atoms with Crippen LogP contribution >= 0.6 is 0 Å². The fourth-order valence-electron chi connectivity index (χ4n) is 6.86. The number of aromatic hydroxyl groups is 3. The van der Waals surface area contributed by atoms with E-state index in [0.717, 1.165) is 11.1 Å². The molecule has 2 unspecified atom stereocenters. The zero-order valence-electron chi connectivity index (χ0n) is 32.0. The maximum Gasteiger partial charge on any atom is 0.494 e. The Morgan fingerprint density at radius 3 is 1.45 bits per heavy atom. The predicted molar refractivity (Wildman–Crippen MR) is 213 cm³/mol. The minimum absolute atomic E-state index is 0.0505. The number of ketones is 2. The van der Waals surface area contributed by atoms with Gasteiger partial charge < -0.3 is 33.5 Å². The van der Waals surface area contributed by atoms with E-state index in [0.29, 0.717) is 16.2 Å². The lowest BCUT2D eigenvalue weighted by Crippen LogP contribution is -2.41. The van der Waals surface area contributed by atoms with Gasteiger partial charge in [-0.3, -0.25) is 9.59 Å². The van der Waals surface area contributed by atoms with Crippen molar-refractivity contribution in [3.63, 3.8) is 0 Å². The summed E-state index contributed by atoms with van der Waals surface area (Å²) in [6.45, 7) is 10.8. The Kier molecular flexibility index (Phi) is 11.1. The number of carbonyl (C=O) groups excluding carboxylic acids is 2. The molecule has 2 atom stereocenters. The van der Waals surface area contributed by atoms with Crippen LogP contribution in [0.3, 0.4) is 0 Å². The summed E-state index contributed by atoms with van der Waals surface area (Å²) in [7, 11) is -0.619. The third kappa shape index (κ3) is 8.03. The van der Waals surface area contributed by atoms with E-state index in [9.17, 15) is 34.5 Å². The maximum atomic E-state index is 13.0. The Morgan fingerprint density at radius 2 is 1.02 bits per heavy atom. The van der Waals surface area contributed by atoms with Gasteiger partial charge in [-0.05, 0) is 82.4 Å². The number of hydrogen-bond donors (Lipinski definition) is 3. The Labute approximate surface area is 323 Å². The topological polar surface area (TPSA) is 174 Å². The second-order valence-corrected chi connectivity index (χ2v) is 15.1. The highest BCUT2D eigenvalue weighted by Crippen LogP contribution is 2.39. The molecule has 0 aliphatic carbocycles. The molecule has 0 saturated carbocycles. The van der Waals surface area contributed by atoms with E-state index in [1.807, 2.05) is 64.1 Å². The summed E-state index contributed by atoms with van der Waals surface area (Å²) in [6, 6.07) is 27.5. The molecule has 0 amide bonds. The molecule has 1 aliphatic rings. The molecule has 3 heterocycles. The van der Waals surface area contributed by atoms with Crippen molar-refractivity contribution in [1.82, 2.24) is 0 Å². The van der Waals surface area contributed by atoms with Gasteiger partial charge in [0.15, 0.2) is 0 Å². The Hall–Kier alpha value is -5.98. The first-order valence-electron chi connectivity index (χ1n) is 18.2. The van der Waals surface area contributed by atoms with Gasteiger partial charge in [0, 0.05) is 30.7 Å². The fraction of sp³-hybridized carbons (Fsp3) is 0.273. The minimum atomic E-state index is -0.722. The van der Waals surface area contributed by atoms with Crippen LogP contribution in [0.1, 0.15) is 88.5 Å². The van der Waals surface area contributed by atoms with Crippen LogP contribution in [0, 0.1) is 0 Å². The van der Waals surface area contributed by atoms with E-state index in [4.69, 9.17) is 18.1 Å². The van der Waals surface area contributed by atoms with Crippen LogP contribution in [-0.2, 0) is 18.9 Å². The molecule has 1 fully saturated rings. The number of Topliss-reactive ketones (excluding diaryl/α,β-unsaturated/α-hetero) is 2. The molecule has 1 aliphatic heterocycles. The fourth-order valence-corrected chi connectivity index (χ4v) is 6.86. The molecule has 12 heteroatoms. The van der Waals surface area contributed by atoms with Gasteiger partial charge in [0.25, 0.3) is 0 Å². The quantitative estimate of drug-likeness (QED) is 0.100. The first kappa shape index (κ1) is 39.7. The molecule has 288 valence electrons. The number of fused-ring (bicyclic) bond motifs is 2. The SMILES string of the molecule is CC(=O)CC(c1ccccc1)c1c(O)c2ccc(B3OC(C)(C)C(C)(C)O3)cc2oc1=O.CC(=O)CC(c1ccccc1)c1c(O)c2ccc(O)cc2oc1=O. The van der Waals surface area contributed by atoms with E-state index in [1.165, 1.54) is 32.0 Å². The van der Waals surface area contributed by atoms with Crippen LogP contribution in [-0.4, -0.2) is 45.2 Å². The minimum Gasteiger partial charge on any atom is -0.508 e. The van der Waals surface area contributed by atoms with Crippen molar-refractivity contribution in [2.45, 2.75) is 77.4 Å². The number of hydrogen-bond acceptors (Lipinski definition) is 11. The Morgan fingerprint density at radius 1 is 0.607 bits per heavy atom. The van der Waals surface area contributed by atoms with Gasteiger partial charge in [0.1, 0.15) is 40.0 Å². The molecular formula is C44H43BO11. The van der Waals surface area contributed by atoms with Crippen LogP contribution in [0.2, 0.25) is 0 Å². The molecule has 6 aromatic rings. The van der Waals surface area contributed by atoms with Crippen molar-refractivity contribution in [3.8, 4) is 17.2 Å². The smallest absolute Gasteiger partial charge is 0.494 e. The lowest BCUT2D eigenvalue weighted by molar-refractivity contribution is -0.118. The monoisotopic (exact) mass is 758 g/mol. The maximum absolute atomic E-state index is 13.0. The van der Waals surface area contributed by atoms with Crippen molar-refractivity contribution >= 4 is 46.1 Å². The van der Waals surface area contributed by atoms with Gasteiger partial charge in [-0.25, -0.2) is 9.59 Å². The van der Waals surface area contributed by atoms with E-state index in [2.05, 4.69) is 0 Å². The second-order valence-electron chi connectivity index (χ2n) is 15.1. The summed E-state index contributed by atoms with van der Waals surface area (Å²) < 4.78 is 23.0. The van der Waals surface area contributed by atoms with E-state index >= 15 is 0 Å². The lowest BCUT2D eigenvalue weighted by Gasteiger charge is -2.32. The normalized spacial score (nSPS) is 15.6. The zero-order chi connectivity index (χ0) is 40.5. The predicted octanol–water partition coefficient (Wildman–Crippen LogP) is 7.22. The van der Waals surface area contributed by atoms with Crippen LogP contribution in [0.25, 0.3) is 21.9 Å². The number of phenols is 1. The number of carbonyl (C=O) groups is 2. The average Bonchev–Trinajstić information content (AvgIpc) is 3.36. The molecule has 0 spiro atoms. The first-order valence-corrected chi connectivity index (χ1v) is 18.2. The largest absolute Gasteiger partial charge is 0.508 e. The standard InChI is InChI=1S/C25H27BO6.C19H16O5/c1-15(27)13-19(16-9-7-6-8-10-16)21-22(28)18-12-11-17(14-20(18)30-23(21)29)26-31-24(2,3)25(4,5)32-26;1-11(20)9-15(12-5-3-2-4-6-12)17-18(22)14-8-7-13(21)10-16(14)24-19(17)23/h6-12,14,19,28H,13H2,1-5H3;2-8,10,15,21-22H,9H2,1H3. The highest BCUT2D eigenvalue weighted by atomic mass is 16.7. The van der Waals surface area contributed by atoms with Gasteiger partial charge >= 0.3 is 18.4 Å². The molecule has 0 bridgehead atoms. The molecule has 3 N–H and O–H groups in total. The first-order chi connectivity index (χ1) is 26.5. The Balaban J connectivity index is 0.000000198. The summed E-state index contributed by atoms with van der Waals surface area (Å²) in [5, 5.41) is 31.9. The van der Waals surface area contributed by atoms with Crippen LogP contribution < -0.4 is 16.7 Å². The van der Waals surface area contributed by atoms with Crippen molar-refractivity contribution < 1.29 is 43.1 Å². The van der Waals surface area contributed by atoms with Crippen molar-refractivity contribution in [1.29, 1.82) is 0 Å². The van der Waals surface area contributed by atoms with Gasteiger partial charge in [-0.15, -0.1) is 0 Å². The van der Waals surface area contributed by atoms with Gasteiger partial charge in [0.2, 0.25) is 0 Å². The van der Waals surface area contributed by atoms with Crippen LogP contribution in [0.4, 0.5) is 0 Å². The van der Waals surface area contributed by atoms with Crippen molar-refractivity contribution in [2.24, 2.45) is 0 Å². The molecule has 1 saturated heterocycles. The second kappa shape index (κ2) is 15.6. The van der Waals surface area contributed by atoms with Crippen molar-refractivity contribution in [3.05, 3.63) is 140 Å². The van der Waals surface area contributed by atoms with Gasteiger partial charge in [-0.1, -0.05) is 66.7 Å². The molecule has 56 heavy (non-hydrogen) atoms. The molecule has 11 nitrogen and oxygen atoms in total. The average molecular weight is 759 g/mol. The molecule has 7 rings (SSSR count). The third-order valence-corrected chi connectivity index (χ3v) is 10.4. The van der Waals surface area contributed by atoms with Crippen LogP contribution in [0.5, 0.6) is 17.2 Å². The molecule has 4 aromatic carbocycles. The van der Waals surface area contributed by atoms with Crippen molar-refractivity contribution in [2.75, 3.05) is 0 Å². The van der Waals surface area contributed by atoms with E-state index in [-0.39, 0.29) is 63.9 Å². The van der Waals surface area contributed by atoms with E-state index < -0.39 is 41.4 Å². The summed E-state index contributed by atoms with van der Waals surface area (Å²) in [6.07, 6.45) is 0.158. The lowest BCUT2D eigenvalue weighted by atomic mass is 9.78. The summed E-state index contributed by atoms with van der Waals surface area (Å²) in [5.74, 6) is -1.86. The van der Waals surface area contributed by atoms with E-state index in [1.54, 1.807) is 42.5 Å². The number of rotatable bonds is 9. The van der Waals surface area contributed by atoms with Gasteiger partial charge in [0.05, 0.1) is 33.1 Å². The zero-order valence-corrected chi connectivity index (χ0v) is 32.0. The third-order valence-electron chi connectivity index (χ3n) is 10.4. The molecule has 2 aromatic heterocycles.